The van der Waals surface area contributed by atoms with Crippen molar-refractivity contribution in [3.8, 4) is 0 Å². The number of unbranched alkanes of at least 4 members (excludes halogenated alkanes) is 1. The van der Waals surface area contributed by atoms with E-state index in [1.165, 1.54) is 0 Å². The van der Waals surface area contributed by atoms with Gasteiger partial charge in [0.15, 0.2) is 5.82 Å². The smallest absolute Gasteiger partial charge is 0.164 e. The molecule has 0 radical (unpaired) electrons. The summed E-state index contributed by atoms with van der Waals surface area (Å²) in [5.74, 6) is 0.713. The Morgan fingerprint density at radius 1 is 1.35 bits per heavy atom. The summed E-state index contributed by atoms with van der Waals surface area (Å²) in [6.45, 7) is 5.30. The summed E-state index contributed by atoms with van der Waals surface area (Å²) in [6.07, 6.45) is 3.33. The van der Waals surface area contributed by atoms with Crippen molar-refractivity contribution in [2.45, 2.75) is 32.4 Å². The van der Waals surface area contributed by atoms with Gasteiger partial charge >= 0.3 is 0 Å². The maximum absolute atomic E-state index is 9.70. The molecule has 20 heavy (non-hydrogen) atoms. The molecule has 1 atom stereocenters. The first-order chi connectivity index (χ1) is 9.72. The third-order valence-electron chi connectivity index (χ3n) is 2.63. The van der Waals surface area contributed by atoms with Crippen LogP contribution in [-0.2, 0) is 23.1 Å². The highest BCUT2D eigenvalue weighted by atomic mass is 16.5. The van der Waals surface area contributed by atoms with E-state index in [9.17, 15) is 5.11 Å². The van der Waals surface area contributed by atoms with Crippen molar-refractivity contribution in [3.63, 3.8) is 0 Å². The third kappa shape index (κ3) is 8.21. The Kier molecular flexibility index (Phi) is 9.14. The van der Waals surface area contributed by atoms with Crippen LogP contribution in [-0.4, -0.2) is 58.9 Å². The van der Waals surface area contributed by atoms with Gasteiger partial charge in [-0.05, 0) is 6.42 Å². The molecule has 1 heterocycles. The molecule has 1 aromatic heterocycles. The van der Waals surface area contributed by atoms with Crippen molar-refractivity contribution in [2.24, 2.45) is 7.05 Å². The molecule has 1 aromatic rings. The lowest BCUT2D eigenvalue weighted by molar-refractivity contribution is 0.00381. The van der Waals surface area contributed by atoms with Gasteiger partial charge < -0.3 is 19.9 Å². The third-order valence-corrected chi connectivity index (χ3v) is 2.63. The van der Waals surface area contributed by atoms with Crippen LogP contribution in [0.25, 0.3) is 0 Å². The zero-order chi connectivity index (χ0) is 14.6. The van der Waals surface area contributed by atoms with Crippen LogP contribution in [0.5, 0.6) is 0 Å². The van der Waals surface area contributed by atoms with Crippen molar-refractivity contribution in [1.29, 1.82) is 0 Å². The molecule has 0 amide bonds. The molecule has 0 aromatic carbocycles. The fourth-order valence-corrected chi connectivity index (χ4v) is 1.56. The number of hydrogen-bond acceptors (Lipinski definition) is 6. The van der Waals surface area contributed by atoms with Gasteiger partial charge in [0.2, 0.25) is 0 Å². The second-order valence-corrected chi connectivity index (χ2v) is 4.66. The molecule has 7 heteroatoms. The van der Waals surface area contributed by atoms with Crippen LogP contribution in [0.2, 0.25) is 0 Å². The number of ether oxygens (including phenoxy) is 2. The van der Waals surface area contributed by atoms with Gasteiger partial charge in [-0.15, -0.1) is 0 Å². The molecular formula is C13H26N4O3. The second-order valence-electron chi connectivity index (χ2n) is 4.66. The van der Waals surface area contributed by atoms with Crippen LogP contribution in [0.1, 0.15) is 25.6 Å². The van der Waals surface area contributed by atoms with Gasteiger partial charge in [0.25, 0.3) is 0 Å². The molecule has 7 nitrogen and oxygen atoms in total. The molecule has 0 saturated heterocycles. The molecule has 1 unspecified atom stereocenters. The van der Waals surface area contributed by atoms with E-state index in [2.05, 4.69) is 22.3 Å². The average Bonchev–Trinajstić information content (AvgIpc) is 2.83. The number of hydrogen-bond donors (Lipinski definition) is 2. The summed E-state index contributed by atoms with van der Waals surface area (Å²) < 4.78 is 12.3. The highest BCUT2D eigenvalue weighted by Gasteiger charge is 2.05. The van der Waals surface area contributed by atoms with Crippen molar-refractivity contribution in [2.75, 3.05) is 33.0 Å². The number of aromatic nitrogens is 3. The van der Waals surface area contributed by atoms with Crippen molar-refractivity contribution in [1.82, 2.24) is 20.1 Å². The van der Waals surface area contributed by atoms with Gasteiger partial charge in [-0.1, -0.05) is 13.3 Å². The van der Waals surface area contributed by atoms with E-state index in [1.807, 2.05) is 7.05 Å². The van der Waals surface area contributed by atoms with Gasteiger partial charge in [-0.2, -0.15) is 5.10 Å². The Bertz CT molecular complexity index is 346. The van der Waals surface area contributed by atoms with Crippen molar-refractivity contribution in [3.05, 3.63) is 12.2 Å². The predicted octanol–water partition coefficient (Wildman–Crippen LogP) is 0.0989. The average molecular weight is 286 g/mol. The summed E-state index contributed by atoms with van der Waals surface area (Å²) in [5, 5.41) is 16.9. The van der Waals surface area contributed by atoms with Crippen molar-refractivity contribution < 1.29 is 14.6 Å². The first-order valence-electron chi connectivity index (χ1n) is 7.11. The van der Waals surface area contributed by atoms with Gasteiger partial charge in [0.05, 0.1) is 32.5 Å². The topological polar surface area (TPSA) is 81.4 Å². The number of nitrogens with one attached hydrogen (secondary N) is 1. The summed E-state index contributed by atoms with van der Waals surface area (Å²) in [4.78, 5) is 4.08. The minimum absolute atomic E-state index is 0.305. The molecule has 0 aliphatic rings. The van der Waals surface area contributed by atoms with Gasteiger partial charge in [0, 0.05) is 20.2 Å². The normalized spacial score (nSPS) is 12.8. The molecular weight excluding hydrogens is 260 g/mol. The Morgan fingerprint density at radius 2 is 2.15 bits per heavy atom. The predicted molar refractivity (Wildman–Crippen MR) is 75.3 cm³/mol. The molecule has 116 valence electrons. The first kappa shape index (κ1) is 17.0. The summed E-state index contributed by atoms with van der Waals surface area (Å²) in [5.41, 5.74) is 0. The van der Waals surface area contributed by atoms with Crippen LogP contribution in [0.3, 0.4) is 0 Å². The van der Waals surface area contributed by atoms with E-state index < -0.39 is 6.10 Å². The molecule has 1 rings (SSSR count). The zero-order valence-electron chi connectivity index (χ0n) is 12.4. The SMILES string of the molecule is CCCCOCCOCC(O)CNCc1ncn(C)n1. The number of aliphatic hydroxyl groups excluding tert-OH is 1. The Labute approximate surface area is 120 Å². The second kappa shape index (κ2) is 10.7. The quantitative estimate of drug-likeness (QED) is 0.530. The molecule has 0 aliphatic carbocycles. The Balaban J connectivity index is 1.91. The number of rotatable bonds is 12. The van der Waals surface area contributed by atoms with Crippen LogP contribution >= 0.6 is 0 Å². The number of nitrogens with zero attached hydrogens (tertiary/aromatic N) is 3. The summed E-state index contributed by atoms with van der Waals surface area (Å²) in [6, 6.07) is 0. The van der Waals surface area contributed by atoms with Gasteiger partial charge in [0.1, 0.15) is 6.33 Å². The standard InChI is InChI=1S/C13H26N4O3/c1-3-4-5-19-6-7-20-10-12(18)8-14-9-13-15-11-17(2)16-13/h11-12,14,18H,3-10H2,1-2H3. The van der Waals surface area contributed by atoms with Crippen LogP contribution in [0.4, 0.5) is 0 Å². The Hall–Kier alpha value is -1.02. The molecule has 0 bridgehead atoms. The van der Waals surface area contributed by atoms with E-state index in [1.54, 1.807) is 11.0 Å². The minimum atomic E-state index is -0.533. The van der Waals surface area contributed by atoms with E-state index in [4.69, 9.17) is 9.47 Å². The summed E-state index contributed by atoms with van der Waals surface area (Å²) >= 11 is 0. The minimum Gasteiger partial charge on any atom is -0.389 e. The first-order valence-corrected chi connectivity index (χ1v) is 7.11. The van der Waals surface area contributed by atoms with E-state index in [0.717, 1.165) is 19.4 Å². The fourth-order valence-electron chi connectivity index (χ4n) is 1.56. The van der Waals surface area contributed by atoms with Crippen LogP contribution in [0, 0.1) is 0 Å². The van der Waals surface area contributed by atoms with Gasteiger partial charge in [-0.25, -0.2) is 4.98 Å². The highest BCUT2D eigenvalue weighted by Crippen LogP contribution is 1.90. The fraction of sp³-hybridized carbons (Fsp3) is 0.846. The Morgan fingerprint density at radius 3 is 2.85 bits per heavy atom. The van der Waals surface area contributed by atoms with E-state index in [-0.39, 0.29) is 0 Å². The maximum Gasteiger partial charge on any atom is 0.164 e. The van der Waals surface area contributed by atoms with Crippen LogP contribution in [0.15, 0.2) is 6.33 Å². The lowest BCUT2D eigenvalue weighted by Gasteiger charge is -2.11. The molecule has 2 N–H and O–H groups in total. The molecule has 0 aliphatic heterocycles. The maximum atomic E-state index is 9.70. The van der Waals surface area contributed by atoms with Crippen LogP contribution < -0.4 is 5.32 Å². The largest absolute Gasteiger partial charge is 0.389 e. The molecule has 0 saturated carbocycles. The van der Waals surface area contributed by atoms with Crippen molar-refractivity contribution >= 4 is 0 Å². The van der Waals surface area contributed by atoms with E-state index >= 15 is 0 Å². The monoisotopic (exact) mass is 286 g/mol. The van der Waals surface area contributed by atoms with E-state index in [0.29, 0.717) is 38.7 Å². The molecule has 0 fully saturated rings. The lowest BCUT2D eigenvalue weighted by Crippen LogP contribution is -2.30. The number of aryl methyl sites for hydroxylation is 1. The lowest BCUT2D eigenvalue weighted by atomic mass is 10.3. The summed E-state index contributed by atoms with van der Waals surface area (Å²) in [7, 11) is 1.82. The highest BCUT2D eigenvalue weighted by molar-refractivity contribution is 4.80. The number of aliphatic hydroxyl groups is 1. The molecule has 0 spiro atoms. The zero-order valence-corrected chi connectivity index (χ0v) is 12.4. The van der Waals surface area contributed by atoms with Gasteiger partial charge in [-0.3, -0.25) is 4.68 Å².